The van der Waals surface area contributed by atoms with Crippen LogP contribution in [0.2, 0.25) is 0 Å². The maximum absolute atomic E-state index is 12.1. The lowest BCUT2D eigenvalue weighted by atomic mass is 10.2. The van der Waals surface area contributed by atoms with Crippen LogP contribution in [0.5, 0.6) is 0 Å². The Morgan fingerprint density at radius 1 is 1.17 bits per heavy atom. The van der Waals surface area contributed by atoms with Crippen molar-refractivity contribution in [1.82, 2.24) is 5.32 Å². The van der Waals surface area contributed by atoms with Gasteiger partial charge in [0, 0.05) is 6.54 Å². The molecule has 100 valence electrons. The van der Waals surface area contributed by atoms with Crippen LogP contribution in [0.4, 0.5) is 4.79 Å². The Morgan fingerprint density at radius 2 is 1.72 bits per heavy atom. The van der Waals surface area contributed by atoms with Crippen LogP contribution >= 0.6 is 7.60 Å². The third-order valence-electron chi connectivity index (χ3n) is 2.13. The molecule has 0 bridgehead atoms. The minimum Gasteiger partial charge on any atom is -0.342 e. The van der Waals surface area contributed by atoms with Crippen LogP contribution < -0.4 is 5.32 Å². The SMILES string of the molecule is CCOP(=O)(OCC)C(=O)NCc1ccccc1. The van der Waals surface area contributed by atoms with Gasteiger partial charge < -0.3 is 14.4 Å². The number of nitrogens with one attached hydrogen (secondary N) is 1. The van der Waals surface area contributed by atoms with Gasteiger partial charge in [-0.05, 0) is 19.4 Å². The minimum absolute atomic E-state index is 0.163. The number of hydrogen-bond donors (Lipinski definition) is 1. The van der Waals surface area contributed by atoms with Crippen molar-refractivity contribution >= 4 is 13.2 Å². The van der Waals surface area contributed by atoms with Gasteiger partial charge in [0.05, 0.1) is 13.2 Å². The summed E-state index contributed by atoms with van der Waals surface area (Å²) in [7, 11) is -3.70. The topological polar surface area (TPSA) is 64.6 Å². The molecule has 1 amide bonds. The van der Waals surface area contributed by atoms with Crippen LogP contribution in [0.15, 0.2) is 30.3 Å². The van der Waals surface area contributed by atoms with Gasteiger partial charge in [0.1, 0.15) is 0 Å². The van der Waals surface area contributed by atoms with Crippen LogP contribution in [0.25, 0.3) is 0 Å². The van der Waals surface area contributed by atoms with Crippen molar-refractivity contribution in [2.75, 3.05) is 13.2 Å². The van der Waals surface area contributed by atoms with E-state index < -0.39 is 13.2 Å². The van der Waals surface area contributed by atoms with Crippen LogP contribution in [0.1, 0.15) is 19.4 Å². The van der Waals surface area contributed by atoms with Gasteiger partial charge in [-0.3, -0.25) is 4.79 Å². The molecule has 0 aromatic heterocycles. The lowest BCUT2D eigenvalue weighted by Crippen LogP contribution is -2.23. The molecule has 0 radical (unpaired) electrons. The highest BCUT2D eigenvalue weighted by Crippen LogP contribution is 2.48. The summed E-state index contributed by atoms with van der Waals surface area (Å²) in [5.41, 5.74) is 0.223. The number of hydrogen-bond acceptors (Lipinski definition) is 4. The second kappa shape index (κ2) is 7.31. The fourth-order valence-electron chi connectivity index (χ4n) is 1.36. The number of rotatable bonds is 7. The molecule has 6 heteroatoms. The molecule has 1 aromatic rings. The summed E-state index contributed by atoms with van der Waals surface area (Å²) in [5, 5.41) is 2.56. The van der Waals surface area contributed by atoms with Crippen LogP contribution in [-0.2, 0) is 20.2 Å². The molecule has 1 rings (SSSR count). The molecule has 0 saturated carbocycles. The molecule has 1 N–H and O–H groups in total. The fourth-order valence-corrected chi connectivity index (χ4v) is 2.63. The largest absolute Gasteiger partial charge is 0.418 e. The molecular weight excluding hydrogens is 253 g/mol. The molecule has 0 heterocycles. The summed E-state index contributed by atoms with van der Waals surface area (Å²) in [6.45, 7) is 3.95. The summed E-state index contributed by atoms with van der Waals surface area (Å²) < 4.78 is 22.0. The van der Waals surface area contributed by atoms with Gasteiger partial charge >= 0.3 is 13.2 Å². The molecule has 0 unspecified atom stereocenters. The molecular formula is C12H18NO4P. The van der Waals surface area contributed by atoms with Gasteiger partial charge in [0.15, 0.2) is 0 Å². The molecule has 0 aliphatic carbocycles. The van der Waals surface area contributed by atoms with Gasteiger partial charge in [-0.25, -0.2) is 4.57 Å². The maximum atomic E-state index is 12.1. The number of benzene rings is 1. The molecule has 0 spiro atoms. The van der Waals surface area contributed by atoms with E-state index in [1.54, 1.807) is 13.8 Å². The zero-order valence-electron chi connectivity index (χ0n) is 10.6. The Bertz CT molecular complexity index is 411. The Morgan fingerprint density at radius 3 is 2.22 bits per heavy atom. The molecule has 0 fully saturated rings. The van der Waals surface area contributed by atoms with Crippen molar-refractivity contribution in [1.29, 1.82) is 0 Å². The predicted molar refractivity (Wildman–Crippen MR) is 69.5 cm³/mol. The first kappa shape index (κ1) is 14.9. The zero-order chi connectivity index (χ0) is 13.4. The average Bonchev–Trinajstić information content (AvgIpc) is 2.37. The lowest BCUT2D eigenvalue weighted by Gasteiger charge is -2.16. The highest BCUT2D eigenvalue weighted by Gasteiger charge is 2.33. The normalized spacial score (nSPS) is 11.2. The van der Waals surface area contributed by atoms with E-state index in [4.69, 9.17) is 9.05 Å². The summed E-state index contributed by atoms with van der Waals surface area (Å²) >= 11 is 0. The molecule has 5 nitrogen and oxygen atoms in total. The van der Waals surface area contributed by atoms with E-state index in [1.165, 1.54) is 0 Å². The van der Waals surface area contributed by atoms with E-state index in [9.17, 15) is 9.36 Å². The first-order valence-corrected chi connectivity index (χ1v) is 7.38. The number of amides is 1. The highest BCUT2D eigenvalue weighted by molar-refractivity contribution is 7.71. The molecule has 0 aliphatic heterocycles. The van der Waals surface area contributed by atoms with Gasteiger partial charge in [0.25, 0.3) is 0 Å². The Labute approximate surface area is 107 Å². The summed E-state index contributed by atoms with van der Waals surface area (Å²) in [6.07, 6.45) is 0. The summed E-state index contributed by atoms with van der Waals surface area (Å²) in [4.78, 5) is 11.8. The third kappa shape index (κ3) is 4.26. The smallest absolute Gasteiger partial charge is 0.342 e. The number of carbonyl (C=O) groups is 1. The van der Waals surface area contributed by atoms with E-state index in [0.717, 1.165) is 5.56 Å². The predicted octanol–water partition coefficient (Wildman–Crippen LogP) is 3.16. The minimum atomic E-state index is -3.70. The van der Waals surface area contributed by atoms with Gasteiger partial charge in [-0.15, -0.1) is 0 Å². The quantitative estimate of drug-likeness (QED) is 0.774. The van der Waals surface area contributed by atoms with Gasteiger partial charge in [0.2, 0.25) is 0 Å². The summed E-state index contributed by atoms with van der Waals surface area (Å²) in [6, 6.07) is 9.36. The van der Waals surface area contributed by atoms with Gasteiger partial charge in [-0.1, -0.05) is 30.3 Å². The Hall–Kier alpha value is -1.16. The molecule has 0 aliphatic rings. The first-order valence-electron chi connectivity index (χ1n) is 5.83. The van der Waals surface area contributed by atoms with Crippen LogP contribution in [-0.4, -0.2) is 18.9 Å². The monoisotopic (exact) mass is 271 g/mol. The van der Waals surface area contributed by atoms with Crippen molar-refractivity contribution in [3.8, 4) is 0 Å². The van der Waals surface area contributed by atoms with Crippen molar-refractivity contribution in [2.24, 2.45) is 0 Å². The van der Waals surface area contributed by atoms with Gasteiger partial charge in [-0.2, -0.15) is 0 Å². The van der Waals surface area contributed by atoms with Crippen molar-refractivity contribution in [3.05, 3.63) is 35.9 Å². The summed E-state index contributed by atoms with van der Waals surface area (Å²) in [5.74, 6) is 0. The average molecular weight is 271 g/mol. The molecule has 0 atom stereocenters. The van der Waals surface area contributed by atoms with Crippen molar-refractivity contribution < 1.29 is 18.4 Å². The Balaban J connectivity index is 2.60. The second-order valence-corrected chi connectivity index (χ2v) is 5.39. The van der Waals surface area contributed by atoms with E-state index in [2.05, 4.69) is 5.32 Å². The lowest BCUT2D eigenvalue weighted by molar-refractivity contribution is 0.207. The zero-order valence-corrected chi connectivity index (χ0v) is 11.5. The number of carbonyl (C=O) groups excluding carboxylic acids is 1. The fraction of sp³-hybridized carbons (Fsp3) is 0.417. The standard InChI is InChI=1S/C12H18NO4P/c1-3-16-18(15,17-4-2)12(14)13-10-11-8-6-5-7-9-11/h5-9H,3-4,10H2,1-2H3,(H,13,14). The second-order valence-electron chi connectivity index (χ2n) is 3.48. The van der Waals surface area contributed by atoms with E-state index in [0.29, 0.717) is 6.54 Å². The molecule has 18 heavy (non-hydrogen) atoms. The first-order chi connectivity index (χ1) is 8.62. The van der Waals surface area contributed by atoms with Crippen molar-refractivity contribution in [2.45, 2.75) is 20.4 Å². The van der Waals surface area contributed by atoms with Crippen LogP contribution in [0, 0.1) is 0 Å². The molecule has 0 saturated heterocycles. The third-order valence-corrected chi connectivity index (χ3v) is 3.99. The highest BCUT2D eigenvalue weighted by atomic mass is 31.2. The maximum Gasteiger partial charge on any atom is 0.418 e. The van der Waals surface area contributed by atoms with E-state index >= 15 is 0 Å². The van der Waals surface area contributed by atoms with Crippen LogP contribution in [0.3, 0.4) is 0 Å². The Kier molecular flexibility index (Phi) is 6.05. The molecule has 1 aromatic carbocycles. The van der Waals surface area contributed by atoms with E-state index in [-0.39, 0.29) is 13.2 Å². The van der Waals surface area contributed by atoms with E-state index in [1.807, 2.05) is 30.3 Å². The van der Waals surface area contributed by atoms with Crippen molar-refractivity contribution in [3.63, 3.8) is 0 Å².